The summed E-state index contributed by atoms with van der Waals surface area (Å²) in [5.41, 5.74) is 0. The first kappa shape index (κ1) is 34.0. The Morgan fingerprint density at radius 3 is 1.23 bits per heavy atom. The first-order valence-electron chi connectivity index (χ1n) is 16.5. The van der Waals surface area contributed by atoms with E-state index in [0.717, 1.165) is 20.7 Å². The number of fused-ring (bicyclic) bond motifs is 1. The van der Waals surface area contributed by atoms with E-state index < -0.39 is 69.2 Å². The van der Waals surface area contributed by atoms with Crippen molar-refractivity contribution >= 4 is 49.3 Å². The first-order valence-corrected chi connectivity index (χ1v) is 20.3. The van der Waals surface area contributed by atoms with Crippen LogP contribution in [-0.2, 0) is 23.1 Å². The van der Waals surface area contributed by atoms with Crippen molar-refractivity contribution in [1.29, 1.82) is 0 Å². The highest BCUT2D eigenvalue weighted by Crippen LogP contribution is 2.44. The topological polar surface area (TPSA) is 91.3 Å². The second kappa shape index (κ2) is 12.9. The Balaban J connectivity index is 1.48. The second-order valence-corrected chi connectivity index (χ2v) is 23.2. The molecule has 1 aliphatic carbocycles. The van der Waals surface area contributed by atoms with E-state index in [9.17, 15) is 14.7 Å². The third kappa shape index (κ3) is 5.67. The van der Waals surface area contributed by atoms with Crippen LogP contribution in [0, 0.1) is 0 Å². The zero-order chi connectivity index (χ0) is 34.3. The van der Waals surface area contributed by atoms with Crippen LogP contribution in [0.2, 0.25) is 10.1 Å². The van der Waals surface area contributed by atoms with Crippen LogP contribution >= 0.6 is 0 Å². The Bertz CT molecular complexity index is 1640. The van der Waals surface area contributed by atoms with Gasteiger partial charge >= 0.3 is 6.16 Å². The molecular weight excluding hydrogens is 637 g/mol. The van der Waals surface area contributed by atoms with Gasteiger partial charge in [0.05, 0.1) is 0 Å². The van der Waals surface area contributed by atoms with Gasteiger partial charge in [0.15, 0.2) is 18.0 Å². The third-order valence-electron chi connectivity index (χ3n) is 9.74. The fourth-order valence-corrected chi connectivity index (χ4v) is 16.9. The van der Waals surface area contributed by atoms with Crippen molar-refractivity contribution in [3.05, 3.63) is 121 Å². The molecule has 1 saturated carbocycles. The molecule has 1 saturated heterocycles. The molecule has 250 valence electrons. The highest BCUT2D eigenvalue weighted by atomic mass is 28.4. The summed E-state index contributed by atoms with van der Waals surface area (Å²) in [7, 11) is -6.59. The Morgan fingerprint density at radius 1 is 0.542 bits per heavy atom. The summed E-state index contributed by atoms with van der Waals surface area (Å²) < 4.78 is 26.1. The molecule has 0 unspecified atom stereocenters. The highest BCUT2D eigenvalue weighted by Gasteiger charge is 2.64. The van der Waals surface area contributed by atoms with Crippen LogP contribution < -0.4 is 20.7 Å². The van der Waals surface area contributed by atoms with Gasteiger partial charge in [-0.15, -0.1) is 0 Å². The molecule has 1 N–H and O–H groups in total. The molecule has 2 aliphatic rings. The lowest BCUT2D eigenvalue weighted by Gasteiger charge is -2.50. The van der Waals surface area contributed by atoms with Crippen molar-refractivity contribution in [2.45, 2.75) is 82.1 Å². The highest BCUT2D eigenvalue weighted by molar-refractivity contribution is 7.00. The van der Waals surface area contributed by atoms with Gasteiger partial charge in [-0.1, -0.05) is 163 Å². The number of hydrogen-bond donors (Lipinski definition) is 1. The molecule has 6 rings (SSSR count). The number of ether oxygens (including phenoxy) is 2. The Morgan fingerprint density at radius 2 is 0.875 bits per heavy atom. The normalized spacial score (nSPS) is 23.3. The van der Waals surface area contributed by atoms with Crippen LogP contribution in [0.25, 0.3) is 0 Å². The summed E-state index contributed by atoms with van der Waals surface area (Å²) in [5, 5.41) is 15.0. The lowest BCUT2D eigenvalue weighted by molar-refractivity contribution is -0.162. The minimum absolute atomic E-state index is 0.459. The van der Waals surface area contributed by atoms with Crippen molar-refractivity contribution in [1.82, 2.24) is 0 Å². The van der Waals surface area contributed by atoms with Crippen molar-refractivity contribution in [3.8, 4) is 0 Å². The minimum atomic E-state index is -3.30. The predicted octanol–water partition coefficient (Wildman–Crippen LogP) is 4.72. The summed E-state index contributed by atoms with van der Waals surface area (Å²) in [5.74, 6) is -0.592. The zero-order valence-corrected chi connectivity index (χ0v) is 30.3. The first-order chi connectivity index (χ1) is 22.8. The summed E-state index contributed by atoms with van der Waals surface area (Å²) in [4.78, 5) is 27.6. The predicted molar refractivity (Wildman–Crippen MR) is 191 cm³/mol. The largest absolute Gasteiger partial charge is 0.509 e. The summed E-state index contributed by atoms with van der Waals surface area (Å²) in [6.45, 7) is 12.6. The van der Waals surface area contributed by atoms with Crippen molar-refractivity contribution in [2.24, 2.45) is 0 Å². The number of hydrogen-bond acceptors (Lipinski definition) is 7. The Kier molecular flexibility index (Phi) is 9.12. The number of benzene rings is 4. The minimum Gasteiger partial charge on any atom is -0.424 e. The van der Waals surface area contributed by atoms with Crippen LogP contribution in [0.3, 0.4) is 0 Å². The van der Waals surface area contributed by atoms with E-state index in [1.54, 1.807) is 0 Å². The van der Waals surface area contributed by atoms with Crippen LogP contribution in [0.15, 0.2) is 121 Å². The van der Waals surface area contributed by atoms with Gasteiger partial charge in [-0.2, -0.15) is 0 Å². The molecule has 0 radical (unpaired) electrons. The number of ketones is 1. The smallest absolute Gasteiger partial charge is 0.424 e. The average molecular weight is 681 g/mol. The van der Waals surface area contributed by atoms with Gasteiger partial charge in [-0.3, -0.25) is 4.79 Å². The zero-order valence-electron chi connectivity index (χ0n) is 28.3. The van der Waals surface area contributed by atoms with E-state index in [2.05, 4.69) is 41.5 Å². The molecule has 48 heavy (non-hydrogen) atoms. The molecule has 9 heteroatoms. The van der Waals surface area contributed by atoms with E-state index in [1.807, 2.05) is 121 Å². The van der Waals surface area contributed by atoms with Crippen LogP contribution in [0.5, 0.6) is 0 Å². The number of aliphatic hydroxyl groups is 1. The molecule has 5 atom stereocenters. The van der Waals surface area contributed by atoms with Crippen LogP contribution in [-0.4, -0.2) is 64.2 Å². The van der Waals surface area contributed by atoms with E-state index in [1.165, 1.54) is 0 Å². The standard InChI is InChI=1S/C39H44O7Si2/c1-38(2,3)47(27-19-11-7-12-20-27,28-21-13-8-14-22-28)45-33-31(40)32(41)34(36-35(33)43-37(42)44-36)46-48(39(4,5)6,29-23-15-9-16-24-29)30-25-17-10-18-26-30/h7-26,31,33-36,40H,1-6H3/t31-,33-,34+,35+,36+/m1/s1. The van der Waals surface area contributed by atoms with Gasteiger partial charge in [-0.05, 0) is 30.8 Å². The average Bonchev–Trinajstić information content (AvgIpc) is 3.46. The molecule has 7 nitrogen and oxygen atoms in total. The Hall–Kier alpha value is -3.87. The molecule has 4 aromatic carbocycles. The van der Waals surface area contributed by atoms with Gasteiger partial charge in [0.1, 0.15) is 18.3 Å². The lowest BCUT2D eigenvalue weighted by atomic mass is 9.86. The quantitative estimate of drug-likeness (QED) is 0.213. The molecule has 0 aromatic heterocycles. The van der Waals surface area contributed by atoms with Crippen molar-refractivity contribution in [3.63, 3.8) is 0 Å². The number of Topliss-reactive ketones (excluding diaryl/α,β-unsaturated/α-hetero) is 1. The van der Waals surface area contributed by atoms with Crippen molar-refractivity contribution in [2.75, 3.05) is 0 Å². The van der Waals surface area contributed by atoms with Gasteiger partial charge < -0.3 is 23.4 Å². The Labute approximate surface area is 285 Å². The molecule has 0 spiro atoms. The van der Waals surface area contributed by atoms with Gasteiger partial charge in [0.2, 0.25) is 0 Å². The summed E-state index contributed by atoms with van der Waals surface area (Å²) in [6.07, 6.45) is -7.26. The summed E-state index contributed by atoms with van der Waals surface area (Å²) in [6, 6.07) is 39.7. The SMILES string of the molecule is CC(C)(C)[Si](O[C@H]1[C@@H]2OC(=O)O[C@H]2[C@@H](O[Si](c2ccccc2)(c2ccccc2)C(C)(C)C)C(=O)[C@H]1O)(c1ccccc1)c1ccccc1. The number of carbonyl (C=O) groups excluding carboxylic acids is 2. The van der Waals surface area contributed by atoms with Crippen LogP contribution in [0.4, 0.5) is 4.79 Å². The fraction of sp³-hybridized carbons (Fsp3) is 0.333. The second-order valence-electron chi connectivity index (χ2n) is 14.7. The molecule has 1 heterocycles. The number of aliphatic hydroxyl groups excluding tert-OH is 1. The maximum absolute atomic E-state index is 14.6. The summed E-state index contributed by atoms with van der Waals surface area (Å²) >= 11 is 0. The molecule has 0 bridgehead atoms. The number of rotatable bonds is 8. The molecular formula is C39H44O7Si2. The van der Waals surface area contributed by atoms with Gasteiger partial charge in [-0.25, -0.2) is 4.79 Å². The maximum atomic E-state index is 14.6. The van der Waals surface area contributed by atoms with E-state index >= 15 is 0 Å². The molecule has 4 aromatic rings. The van der Waals surface area contributed by atoms with Crippen LogP contribution in [0.1, 0.15) is 41.5 Å². The lowest BCUT2D eigenvalue weighted by Crippen LogP contribution is -2.74. The third-order valence-corrected chi connectivity index (χ3v) is 19.8. The van der Waals surface area contributed by atoms with E-state index in [0.29, 0.717) is 0 Å². The maximum Gasteiger partial charge on any atom is 0.509 e. The van der Waals surface area contributed by atoms with Gasteiger partial charge in [0.25, 0.3) is 16.6 Å². The van der Waals surface area contributed by atoms with E-state index in [-0.39, 0.29) is 0 Å². The molecule has 0 amide bonds. The molecule has 2 fully saturated rings. The monoisotopic (exact) mass is 680 g/mol. The van der Waals surface area contributed by atoms with Crippen molar-refractivity contribution < 1.29 is 33.0 Å². The van der Waals surface area contributed by atoms with Gasteiger partial charge in [0, 0.05) is 0 Å². The van der Waals surface area contributed by atoms with E-state index in [4.69, 9.17) is 18.3 Å². The number of carbonyl (C=O) groups is 2. The fourth-order valence-electron chi connectivity index (χ4n) is 7.58. The molecule has 1 aliphatic heterocycles.